The van der Waals surface area contributed by atoms with Gasteiger partial charge in [0.1, 0.15) is 0 Å². The van der Waals surface area contributed by atoms with Crippen LogP contribution in [0.4, 0.5) is 5.69 Å². The molecule has 0 unspecified atom stereocenters. The average Bonchev–Trinajstić information content (AvgIpc) is 2.42. The number of anilines is 1. The summed E-state index contributed by atoms with van der Waals surface area (Å²) < 4.78 is 0. The molecular weight excluding hydrogens is 250 g/mol. The van der Waals surface area contributed by atoms with Crippen molar-refractivity contribution in [3.63, 3.8) is 0 Å². The van der Waals surface area contributed by atoms with Gasteiger partial charge in [0.2, 0.25) is 5.91 Å². The molecule has 4 heteroatoms. The maximum Gasteiger partial charge on any atom is 0.242 e. The number of hydrogen-bond donors (Lipinski definition) is 1. The lowest BCUT2D eigenvalue weighted by Crippen LogP contribution is -2.38. The maximum absolute atomic E-state index is 12.1. The number of hydrogen-bond acceptors (Lipinski definition) is 3. The van der Waals surface area contributed by atoms with Gasteiger partial charge in [-0.1, -0.05) is 6.07 Å². The van der Waals surface area contributed by atoms with E-state index in [0.29, 0.717) is 6.54 Å². The van der Waals surface area contributed by atoms with E-state index in [1.807, 2.05) is 37.7 Å². The summed E-state index contributed by atoms with van der Waals surface area (Å²) in [6, 6.07) is 6.34. The van der Waals surface area contributed by atoms with Crippen molar-refractivity contribution >= 4 is 11.6 Å². The summed E-state index contributed by atoms with van der Waals surface area (Å²) in [4.78, 5) is 16.0. The Hall–Kier alpha value is -1.55. The number of carbonyl (C=O) groups excluding carboxylic acids is 1. The minimum absolute atomic E-state index is 0.175. The van der Waals surface area contributed by atoms with Gasteiger partial charge in [-0.05, 0) is 51.1 Å². The molecule has 0 saturated heterocycles. The second-order valence-corrected chi connectivity index (χ2v) is 5.06. The lowest BCUT2D eigenvalue weighted by Gasteiger charge is -2.25. The number of likely N-dealkylation sites (N-methyl/N-ethyl adjacent to an activating group) is 2. The molecule has 0 aliphatic rings. The Morgan fingerprint density at radius 2 is 1.90 bits per heavy atom. The highest BCUT2D eigenvalue weighted by atomic mass is 16.2. The maximum atomic E-state index is 12.1. The van der Waals surface area contributed by atoms with Gasteiger partial charge in [-0.2, -0.15) is 0 Å². The zero-order valence-electron chi connectivity index (χ0n) is 13.4. The molecule has 0 aliphatic carbocycles. The molecule has 112 valence electrons. The SMILES string of the molecule is CCN(CC)C(=O)CN(C)c1ccc(CNC)c(C)c1. The van der Waals surface area contributed by atoms with E-state index in [9.17, 15) is 4.79 Å². The fraction of sp³-hybridized carbons (Fsp3) is 0.562. The highest BCUT2D eigenvalue weighted by molar-refractivity contribution is 5.81. The Morgan fingerprint density at radius 1 is 1.25 bits per heavy atom. The van der Waals surface area contributed by atoms with Gasteiger partial charge in [0, 0.05) is 32.4 Å². The lowest BCUT2D eigenvalue weighted by molar-refractivity contribution is -0.129. The second-order valence-electron chi connectivity index (χ2n) is 5.06. The van der Waals surface area contributed by atoms with E-state index in [0.717, 1.165) is 25.3 Å². The molecule has 0 radical (unpaired) electrons. The molecule has 0 bridgehead atoms. The van der Waals surface area contributed by atoms with Crippen LogP contribution in [0.5, 0.6) is 0 Å². The predicted octanol–water partition coefficient (Wildman–Crippen LogP) is 2.02. The zero-order valence-corrected chi connectivity index (χ0v) is 13.4. The third kappa shape index (κ3) is 4.23. The van der Waals surface area contributed by atoms with E-state index < -0.39 is 0 Å². The molecular formula is C16H27N3O. The van der Waals surface area contributed by atoms with Crippen LogP contribution in [0, 0.1) is 6.92 Å². The summed E-state index contributed by atoms with van der Waals surface area (Å²) in [5.41, 5.74) is 3.63. The van der Waals surface area contributed by atoms with Crippen molar-refractivity contribution in [3.05, 3.63) is 29.3 Å². The van der Waals surface area contributed by atoms with Crippen molar-refractivity contribution in [2.75, 3.05) is 38.6 Å². The Bertz CT molecular complexity index is 441. The summed E-state index contributed by atoms with van der Waals surface area (Å²) in [5.74, 6) is 0.175. The van der Waals surface area contributed by atoms with Crippen LogP contribution in [0.15, 0.2) is 18.2 Å². The molecule has 4 nitrogen and oxygen atoms in total. The van der Waals surface area contributed by atoms with Gasteiger partial charge < -0.3 is 15.1 Å². The molecule has 1 N–H and O–H groups in total. The second kappa shape index (κ2) is 7.90. The summed E-state index contributed by atoms with van der Waals surface area (Å²) >= 11 is 0. The minimum atomic E-state index is 0.175. The minimum Gasteiger partial charge on any atom is -0.365 e. The number of carbonyl (C=O) groups is 1. The monoisotopic (exact) mass is 277 g/mol. The van der Waals surface area contributed by atoms with Gasteiger partial charge in [0.15, 0.2) is 0 Å². The van der Waals surface area contributed by atoms with Crippen molar-refractivity contribution in [1.82, 2.24) is 10.2 Å². The van der Waals surface area contributed by atoms with E-state index in [1.165, 1.54) is 11.1 Å². The summed E-state index contributed by atoms with van der Waals surface area (Å²) in [5, 5.41) is 3.16. The summed E-state index contributed by atoms with van der Waals surface area (Å²) in [6.07, 6.45) is 0. The smallest absolute Gasteiger partial charge is 0.242 e. The summed E-state index contributed by atoms with van der Waals surface area (Å²) in [6.45, 7) is 8.96. The predicted molar refractivity (Wildman–Crippen MR) is 85.1 cm³/mol. The Balaban J connectivity index is 2.75. The number of nitrogens with zero attached hydrogens (tertiary/aromatic N) is 2. The van der Waals surface area contributed by atoms with E-state index in [1.54, 1.807) is 0 Å². The topological polar surface area (TPSA) is 35.6 Å². The fourth-order valence-corrected chi connectivity index (χ4v) is 2.28. The summed E-state index contributed by atoms with van der Waals surface area (Å²) in [7, 11) is 3.91. The molecule has 0 saturated carbocycles. The standard InChI is InChI=1S/C16H27N3O/c1-6-19(7-2)16(20)12-18(5)15-9-8-14(11-17-4)13(3)10-15/h8-10,17H,6-7,11-12H2,1-5H3. The van der Waals surface area contributed by atoms with E-state index in [-0.39, 0.29) is 5.91 Å². The Kier molecular flexibility index (Phi) is 6.52. The van der Waals surface area contributed by atoms with E-state index in [4.69, 9.17) is 0 Å². The first-order valence-corrected chi connectivity index (χ1v) is 7.26. The van der Waals surface area contributed by atoms with Crippen LogP contribution >= 0.6 is 0 Å². The van der Waals surface area contributed by atoms with Crippen molar-refractivity contribution in [1.29, 1.82) is 0 Å². The van der Waals surface area contributed by atoms with Gasteiger partial charge in [-0.3, -0.25) is 4.79 Å². The van der Waals surface area contributed by atoms with Gasteiger partial charge in [0.25, 0.3) is 0 Å². The first-order valence-electron chi connectivity index (χ1n) is 7.26. The quantitative estimate of drug-likeness (QED) is 0.828. The van der Waals surface area contributed by atoms with Gasteiger partial charge >= 0.3 is 0 Å². The molecule has 0 heterocycles. The van der Waals surface area contributed by atoms with Crippen LogP contribution in [0.25, 0.3) is 0 Å². The molecule has 20 heavy (non-hydrogen) atoms. The highest BCUT2D eigenvalue weighted by Crippen LogP contribution is 2.18. The third-order valence-electron chi connectivity index (χ3n) is 3.62. The largest absolute Gasteiger partial charge is 0.365 e. The molecule has 0 aromatic heterocycles. The number of rotatable bonds is 7. The first-order chi connectivity index (χ1) is 9.53. The van der Waals surface area contributed by atoms with Crippen LogP contribution in [-0.4, -0.2) is 44.5 Å². The van der Waals surface area contributed by atoms with Crippen molar-refractivity contribution < 1.29 is 4.79 Å². The molecule has 1 aromatic carbocycles. The highest BCUT2D eigenvalue weighted by Gasteiger charge is 2.13. The van der Waals surface area contributed by atoms with Crippen molar-refractivity contribution in [2.24, 2.45) is 0 Å². The average molecular weight is 277 g/mol. The molecule has 1 amide bonds. The normalized spacial score (nSPS) is 10.4. The number of amides is 1. The van der Waals surface area contributed by atoms with Crippen LogP contribution in [0.3, 0.4) is 0 Å². The molecule has 0 atom stereocenters. The number of aryl methyl sites for hydroxylation is 1. The molecule has 0 aliphatic heterocycles. The van der Waals surface area contributed by atoms with Crippen molar-refractivity contribution in [3.8, 4) is 0 Å². The zero-order chi connectivity index (χ0) is 15.1. The van der Waals surface area contributed by atoms with Crippen LogP contribution in [-0.2, 0) is 11.3 Å². The fourth-order valence-electron chi connectivity index (χ4n) is 2.28. The lowest BCUT2D eigenvalue weighted by atomic mass is 10.1. The van der Waals surface area contributed by atoms with E-state index in [2.05, 4.69) is 30.4 Å². The Morgan fingerprint density at radius 3 is 2.40 bits per heavy atom. The molecule has 1 aromatic rings. The van der Waals surface area contributed by atoms with Crippen LogP contribution in [0.2, 0.25) is 0 Å². The van der Waals surface area contributed by atoms with Crippen LogP contribution < -0.4 is 10.2 Å². The molecule has 1 rings (SSSR count). The molecule has 0 fully saturated rings. The Labute approximate surface area is 122 Å². The third-order valence-corrected chi connectivity index (χ3v) is 3.62. The van der Waals surface area contributed by atoms with Gasteiger partial charge in [-0.15, -0.1) is 0 Å². The number of nitrogens with one attached hydrogen (secondary N) is 1. The van der Waals surface area contributed by atoms with Gasteiger partial charge in [-0.25, -0.2) is 0 Å². The van der Waals surface area contributed by atoms with Crippen LogP contribution in [0.1, 0.15) is 25.0 Å². The van der Waals surface area contributed by atoms with Crippen molar-refractivity contribution in [2.45, 2.75) is 27.3 Å². The van der Waals surface area contributed by atoms with E-state index >= 15 is 0 Å². The number of benzene rings is 1. The first kappa shape index (κ1) is 16.5. The van der Waals surface area contributed by atoms with Gasteiger partial charge in [0.05, 0.1) is 6.54 Å². The molecule has 0 spiro atoms.